The molecule has 3 rings (SSSR count). The Balaban J connectivity index is 1.65. The standard InChI is InChI=1S/C12H18N2O2/c15-11-8-13(7-5-9-3-4-9)12(16)10-2-1-6-14(10)11/h9-10H,1-8H2. The Hall–Kier alpha value is -1.06. The van der Waals surface area contributed by atoms with Gasteiger partial charge in [0.15, 0.2) is 0 Å². The molecule has 0 radical (unpaired) electrons. The summed E-state index contributed by atoms with van der Waals surface area (Å²) in [5.41, 5.74) is 0. The van der Waals surface area contributed by atoms with E-state index < -0.39 is 0 Å². The van der Waals surface area contributed by atoms with Crippen LogP contribution in [0.3, 0.4) is 0 Å². The van der Waals surface area contributed by atoms with Crippen molar-refractivity contribution in [3.63, 3.8) is 0 Å². The van der Waals surface area contributed by atoms with Crippen LogP contribution in [0.2, 0.25) is 0 Å². The fraction of sp³-hybridized carbons (Fsp3) is 0.833. The molecule has 1 unspecified atom stereocenters. The molecule has 2 amide bonds. The molecule has 2 saturated heterocycles. The van der Waals surface area contributed by atoms with Gasteiger partial charge < -0.3 is 9.80 Å². The lowest BCUT2D eigenvalue weighted by molar-refractivity contribution is -0.153. The topological polar surface area (TPSA) is 40.6 Å². The van der Waals surface area contributed by atoms with Gasteiger partial charge in [-0.3, -0.25) is 9.59 Å². The Kier molecular flexibility index (Phi) is 2.37. The van der Waals surface area contributed by atoms with E-state index in [0.717, 1.165) is 38.3 Å². The van der Waals surface area contributed by atoms with Crippen molar-refractivity contribution in [1.82, 2.24) is 9.80 Å². The Morgan fingerprint density at radius 3 is 2.75 bits per heavy atom. The number of carbonyl (C=O) groups is 2. The zero-order chi connectivity index (χ0) is 11.1. The van der Waals surface area contributed by atoms with Crippen LogP contribution in [0, 0.1) is 5.92 Å². The number of carbonyl (C=O) groups excluding carboxylic acids is 2. The summed E-state index contributed by atoms with van der Waals surface area (Å²) >= 11 is 0. The van der Waals surface area contributed by atoms with Crippen LogP contribution >= 0.6 is 0 Å². The molecule has 1 saturated carbocycles. The molecule has 2 heterocycles. The minimum Gasteiger partial charge on any atom is -0.332 e. The summed E-state index contributed by atoms with van der Waals surface area (Å²) in [7, 11) is 0. The van der Waals surface area contributed by atoms with E-state index in [1.54, 1.807) is 9.80 Å². The summed E-state index contributed by atoms with van der Waals surface area (Å²) < 4.78 is 0. The second-order valence-electron chi connectivity index (χ2n) is 5.24. The zero-order valence-corrected chi connectivity index (χ0v) is 9.52. The van der Waals surface area contributed by atoms with Crippen LogP contribution in [0.5, 0.6) is 0 Å². The molecule has 3 aliphatic rings. The third-order valence-electron chi connectivity index (χ3n) is 4.00. The van der Waals surface area contributed by atoms with Crippen LogP contribution in [0.25, 0.3) is 0 Å². The van der Waals surface area contributed by atoms with E-state index in [9.17, 15) is 9.59 Å². The van der Waals surface area contributed by atoms with Crippen LogP contribution in [0.4, 0.5) is 0 Å². The van der Waals surface area contributed by atoms with Gasteiger partial charge >= 0.3 is 0 Å². The Morgan fingerprint density at radius 1 is 1.19 bits per heavy atom. The molecule has 1 aliphatic carbocycles. The third kappa shape index (κ3) is 1.70. The van der Waals surface area contributed by atoms with Gasteiger partial charge in [-0.1, -0.05) is 12.8 Å². The van der Waals surface area contributed by atoms with Crippen LogP contribution in [0.15, 0.2) is 0 Å². The maximum Gasteiger partial charge on any atom is 0.245 e. The summed E-state index contributed by atoms with van der Waals surface area (Å²) in [6, 6.07) is -0.125. The fourth-order valence-corrected chi connectivity index (χ4v) is 2.80. The van der Waals surface area contributed by atoms with Crippen molar-refractivity contribution in [2.45, 2.75) is 38.1 Å². The molecule has 0 N–H and O–H groups in total. The SMILES string of the molecule is O=C1C2CCCN2C(=O)CN1CCC1CC1. The van der Waals surface area contributed by atoms with Gasteiger partial charge in [0.05, 0.1) is 6.54 Å². The second-order valence-corrected chi connectivity index (χ2v) is 5.24. The molecule has 1 atom stereocenters. The first-order chi connectivity index (χ1) is 7.75. The first kappa shape index (κ1) is 10.1. The molecule has 0 aromatic rings. The van der Waals surface area contributed by atoms with Gasteiger partial charge in [0.25, 0.3) is 0 Å². The number of rotatable bonds is 3. The predicted octanol–water partition coefficient (Wildman–Crippen LogP) is 0.620. The Labute approximate surface area is 95.6 Å². The summed E-state index contributed by atoms with van der Waals surface area (Å²) in [6.07, 6.45) is 5.56. The van der Waals surface area contributed by atoms with Gasteiger partial charge in [-0.05, 0) is 25.2 Å². The molecule has 88 valence electrons. The average molecular weight is 222 g/mol. The number of amides is 2. The molecule has 0 aromatic carbocycles. The molecule has 4 nitrogen and oxygen atoms in total. The molecule has 2 aliphatic heterocycles. The molecular formula is C12H18N2O2. The van der Waals surface area contributed by atoms with E-state index in [-0.39, 0.29) is 17.9 Å². The van der Waals surface area contributed by atoms with Crippen molar-refractivity contribution in [1.29, 1.82) is 0 Å². The van der Waals surface area contributed by atoms with E-state index >= 15 is 0 Å². The lowest BCUT2D eigenvalue weighted by Gasteiger charge is -2.36. The van der Waals surface area contributed by atoms with Gasteiger partial charge in [-0.15, -0.1) is 0 Å². The monoisotopic (exact) mass is 222 g/mol. The lowest BCUT2D eigenvalue weighted by Crippen LogP contribution is -2.57. The highest BCUT2D eigenvalue weighted by Gasteiger charge is 2.41. The molecule has 0 aromatic heterocycles. The smallest absolute Gasteiger partial charge is 0.245 e. The third-order valence-corrected chi connectivity index (χ3v) is 4.00. The summed E-state index contributed by atoms with van der Waals surface area (Å²) in [5.74, 6) is 1.17. The molecule has 0 spiro atoms. The van der Waals surface area contributed by atoms with E-state index in [1.807, 2.05) is 0 Å². The van der Waals surface area contributed by atoms with Crippen molar-refractivity contribution in [2.24, 2.45) is 5.92 Å². The Bertz CT molecular complexity index is 325. The second kappa shape index (κ2) is 3.75. The first-order valence-corrected chi connectivity index (χ1v) is 6.34. The summed E-state index contributed by atoms with van der Waals surface area (Å²) in [5, 5.41) is 0. The number of nitrogens with zero attached hydrogens (tertiary/aromatic N) is 2. The zero-order valence-electron chi connectivity index (χ0n) is 9.52. The minimum atomic E-state index is -0.125. The largest absolute Gasteiger partial charge is 0.332 e. The maximum atomic E-state index is 12.1. The normalized spacial score (nSPS) is 29.9. The molecular weight excluding hydrogens is 204 g/mol. The fourth-order valence-electron chi connectivity index (χ4n) is 2.80. The molecule has 0 bridgehead atoms. The summed E-state index contributed by atoms with van der Waals surface area (Å²) in [6.45, 7) is 1.90. The van der Waals surface area contributed by atoms with Gasteiger partial charge in [0.1, 0.15) is 6.04 Å². The van der Waals surface area contributed by atoms with E-state index in [0.29, 0.717) is 6.54 Å². The average Bonchev–Trinajstić information content (AvgIpc) is 2.95. The minimum absolute atomic E-state index is 0.125. The highest BCUT2D eigenvalue weighted by Crippen LogP contribution is 2.33. The van der Waals surface area contributed by atoms with E-state index in [2.05, 4.69) is 0 Å². The van der Waals surface area contributed by atoms with Crippen molar-refractivity contribution < 1.29 is 9.59 Å². The van der Waals surface area contributed by atoms with Crippen molar-refractivity contribution >= 4 is 11.8 Å². The van der Waals surface area contributed by atoms with Gasteiger partial charge in [0, 0.05) is 13.1 Å². The molecule has 16 heavy (non-hydrogen) atoms. The van der Waals surface area contributed by atoms with E-state index in [1.165, 1.54) is 12.8 Å². The Morgan fingerprint density at radius 2 is 2.00 bits per heavy atom. The summed E-state index contributed by atoms with van der Waals surface area (Å²) in [4.78, 5) is 27.5. The van der Waals surface area contributed by atoms with Crippen molar-refractivity contribution in [3.05, 3.63) is 0 Å². The molecule has 3 fully saturated rings. The maximum absolute atomic E-state index is 12.1. The van der Waals surface area contributed by atoms with Crippen molar-refractivity contribution in [2.75, 3.05) is 19.6 Å². The highest BCUT2D eigenvalue weighted by atomic mass is 16.2. The lowest BCUT2D eigenvalue weighted by atomic mass is 10.1. The van der Waals surface area contributed by atoms with Crippen LogP contribution < -0.4 is 0 Å². The number of piperazine rings is 1. The van der Waals surface area contributed by atoms with Gasteiger partial charge in [-0.2, -0.15) is 0 Å². The van der Waals surface area contributed by atoms with Crippen LogP contribution in [-0.4, -0.2) is 47.3 Å². The number of fused-ring (bicyclic) bond motifs is 1. The quantitative estimate of drug-likeness (QED) is 0.702. The number of hydrogen-bond donors (Lipinski definition) is 0. The van der Waals surface area contributed by atoms with Crippen molar-refractivity contribution in [3.8, 4) is 0 Å². The van der Waals surface area contributed by atoms with Gasteiger partial charge in [-0.25, -0.2) is 0 Å². The first-order valence-electron chi connectivity index (χ1n) is 6.34. The number of hydrogen-bond acceptors (Lipinski definition) is 2. The predicted molar refractivity (Wildman–Crippen MR) is 58.7 cm³/mol. The van der Waals surface area contributed by atoms with Crippen LogP contribution in [0.1, 0.15) is 32.1 Å². The molecule has 4 heteroatoms. The highest BCUT2D eigenvalue weighted by molar-refractivity contribution is 5.95. The van der Waals surface area contributed by atoms with Gasteiger partial charge in [0.2, 0.25) is 11.8 Å². The van der Waals surface area contributed by atoms with E-state index in [4.69, 9.17) is 0 Å². The van der Waals surface area contributed by atoms with Crippen LogP contribution in [-0.2, 0) is 9.59 Å².